The Morgan fingerprint density at radius 3 is 2.80 bits per heavy atom. The lowest BCUT2D eigenvalue weighted by molar-refractivity contribution is 0.413. The number of nitrogens with two attached hydrogens (primary N) is 1. The van der Waals surface area contributed by atoms with Gasteiger partial charge in [-0.2, -0.15) is 0 Å². The minimum Gasteiger partial charge on any atom is -0.370 e. The molecule has 4 heteroatoms. The Morgan fingerprint density at radius 1 is 1.47 bits per heavy atom. The molecule has 0 amide bonds. The first-order valence-corrected chi connectivity index (χ1v) is 4.92. The third kappa shape index (κ3) is 4.46. The summed E-state index contributed by atoms with van der Waals surface area (Å²) < 4.78 is 0. The molecule has 4 N–H and O–H groups in total. The highest BCUT2D eigenvalue weighted by atomic mass is 15.1. The van der Waals surface area contributed by atoms with Crippen LogP contribution in [0, 0.1) is 5.41 Å². The molecule has 0 unspecified atom stereocenters. The molecule has 0 aliphatic carbocycles. The fourth-order valence-corrected chi connectivity index (χ4v) is 1.31. The van der Waals surface area contributed by atoms with Crippen LogP contribution in [0.25, 0.3) is 0 Å². The summed E-state index contributed by atoms with van der Waals surface area (Å²) in [5, 5.41) is 9.91. The summed E-state index contributed by atoms with van der Waals surface area (Å²) in [5.74, 6) is -0.0280. The molecule has 0 aliphatic heterocycles. The Kier molecular flexibility index (Phi) is 4.12. The van der Waals surface area contributed by atoms with Gasteiger partial charge in [0, 0.05) is 12.2 Å². The molecule has 4 nitrogen and oxygen atoms in total. The van der Waals surface area contributed by atoms with Crippen LogP contribution in [0.3, 0.4) is 0 Å². The molecule has 0 radical (unpaired) electrons. The van der Waals surface area contributed by atoms with Crippen LogP contribution >= 0.6 is 0 Å². The van der Waals surface area contributed by atoms with E-state index in [1.165, 1.54) is 5.56 Å². The van der Waals surface area contributed by atoms with Gasteiger partial charge in [-0.1, -0.05) is 12.1 Å². The monoisotopic (exact) mass is 206 g/mol. The fraction of sp³-hybridized carbons (Fsp3) is 0.364. The molecule has 1 rings (SSSR count). The molecule has 0 atom stereocenters. The first-order chi connectivity index (χ1) is 7.08. The van der Waals surface area contributed by atoms with Crippen molar-refractivity contribution >= 4 is 11.6 Å². The van der Waals surface area contributed by atoms with Crippen molar-refractivity contribution in [1.29, 1.82) is 5.41 Å². The van der Waals surface area contributed by atoms with Crippen molar-refractivity contribution < 1.29 is 0 Å². The van der Waals surface area contributed by atoms with Crippen LogP contribution in [-0.4, -0.2) is 31.5 Å². The van der Waals surface area contributed by atoms with Crippen molar-refractivity contribution in [3.63, 3.8) is 0 Å². The van der Waals surface area contributed by atoms with E-state index in [2.05, 4.69) is 30.4 Å². The highest BCUT2D eigenvalue weighted by molar-refractivity contribution is 5.89. The molecule has 0 fully saturated rings. The number of nitrogens with one attached hydrogen (secondary N) is 2. The van der Waals surface area contributed by atoms with Crippen LogP contribution in [-0.2, 0) is 6.42 Å². The van der Waals surface area contributed by atoms with E-state index >= 15 is 0 Å². The number of likely N-dealkylation sites (N-methyl/N-ethyl adjacent to an activating group) is 1. The topological polar surface area (TPSA) is 65.1 Å². The maximum Gasteiger partial charge on any atom is 0.190 e. The van der Waals surface area contributed by atoms with Crippen molar-refractivity contribution in [2.45, 2.75) is 6.42 Å². The lowest BCUT2D eigenvalue weighted by Gasteiger charge is -2.10. The number of guanidine groups is 1. The molecule has 0 saturated carbocycles. The predicted octanol–water partition coefficient (Wildman–Crippen LogP) is 1.10. The van der Waals surface area contributed by atoms with Crippen molar-refractivity contribution in [2.75, 3.05) is 26.0 Å². The predicted molar refractivity (Wildman–Crippen MR) is 64.2 cm³/mol. The molecule has 0 aliphatic rings. The second-order valence-electron chi connectivity index (χ2n) is 3.79. The highest BCUT2D eigenvalue weighted by Crippen LogP contribution is 2.10. The number of benzene rings is 1. The molecule has 0 aromatic heterocycles. The molecular weight excluding hydrogens is 188 g/mol. The van der Waals surface area contributed by atoms with E-state index in [-0.39, 0.29) is 5.96 Å². The maximum absolute atomic E-state index is 7.13. The van der Waals surface area contributed by atoms with Crippen LogP contribution in [0.2, 0.25) is 0 Å². The van der Waals surface area contributed by atoms with Gasteiger partial charge in [-0.25, -0.2) is 0 Å². The summed E-state index contributed by atoms with van der Waals surface area (Å²) in [6, 6.07) is 7.97. The summed E-state index contributed by atoms with van der Waals surface area (Å²) in [4.78, 5) is 2.14. The van der Waals surface area contributed by atoms with E-state index in [0.29, 0.717) is 0 Å². The number of nitrogens with zero attached hydrogens (tertiary/aromatic N) is 1. The lowest BCUT2D eigenvalue weighted by atomic mass is 10.1. The molecule has 0 bridgehead atoms. The van der Waals surface area contributed by atoms with Crippen molar-refractivity contribution in [3.8, 4) is 0 Å². The van der Waals surface area contributed by atoms with E-state index in [1.54, 1.807) is 0 Å². The number of rotatable bonds is 4. The average molecular weight is 206 g/mol. The van der Waals surface area contributed by atoms with Crippen LogP contribution in [0.1, 0.15) is 5.56 Å². The molecule has 1 aromatic carbocycles. The quantitative estimate of drug-likeness (QED) is 0.510. The Bertz CT molecular complexity index is 333. The van der Waals surface area contributed by atoms with E-state index in [4.69, 9.17) is 11.1 Å². The normalized spacial score (nSPS) is 10.3. The van der Waals surface area contributed by atoms with Gasteiger partial charge in [-0.3, -0.25) is 5.41 Å². The van der Waals surface area contributed by atoms with Gasteiger partial charge in [0.1, 0.15) is 0 Å². The van der Waals surface area contributed by atoms with Crippen molar-refractivity contribution in [3.05, 3.63) is 29.8 Å². The minimum atomic E-state index is -0.0280. The summed E-state index contributed by atoms with van der Waals surface area (Å²) in [6.07, 6.45) is 1.00. The number of anilines is 1. The van der Waals surface area contributed by atoms with Gasteiger partial charge in [0.2, 0.25) is 0 Å². The van der Waals surface area contributed by atoms with Crippen LogP contribution in [0.15, 0.2) is 24.3 Å². The molecule has 15 heavy (non-hydrogen) atoms. The second kappa shape index (κ2) is 5.36. The molecular formula is C11H18N4. The third-order valence-corrected chi connectivity index (χ3v) is 2.05. The second-order valence-corrected chi connectivity index (χ2v) is 3.79. The Morgan fingerprint density at radius 2 is 2.20 bits per heavy atom. The van der Waals surface area contributed by atoms with Gasteiger partial charge in [-0.05, 0) is 38.2 Å². The van der Waals surface area contributed by atoms with E-state index in [0.717, 1.165) is 18.7 Å². The fourth-order valence-electron chi connectivity index (χ4n) is 1.31. The van der Waals surface area contributed by atoms with Gasteiger partial charge in [0.15, 0.2) is 5.96 Å². The zero-order chi connectivity index (χ0) is 11.3. The van der Waals surface area contributed by atoms with Crippen molar-refractivity contribution in [1.82, 2.24) is 4.90 Å². The minimum absolute atomic E-state index is 0.0280. The summed E-state index contributed by atoms with van der Waals surface area (Å²) >= 11 is 0. The Hall–Kier alpha value is -1.55. The number of hydrogen-bond donors (Lipinski definition) is 3. The molecule has 0 spiro atoms. The zero-order valence-corrected chi connectivity index (χ0v) is 9.25. The van der Waals surface area contributed by atoms with Crippen LogP contribution < -0.4 is 11.1 Å². The van der Waals surface area contributed by atoms with Crippen molar-refractivity contribution in [2.24, 2.45) is 5.73 Å². The van der Waals surface area contributed by atoms with Crippen LogP contribution in [0.5, 0.6) is 0 Å². The van der Waals surface area contributed by atoms with E-state index < -0.39 is 0 Å². The van der Waals surface area contributed by atoms with Crippen LogP contribution in [0.4, 0.5) is 5.69 Å². The smallest absolute Gasteiger partial charge is 0.190 e. The Labute approximate surface area is 90.6 Å². The standard InChI is InChI=1S/C11H18N4/c1-15(2)7-6-9-4-3-5-10(8-9)14-11(12)13/h3-5,8H,6-7H2,1-2H3,(H4,12,13,14). The highest BCUT2D eigenvalue weighted by Gasteiger charge is 1.97. The van der Waals surface area contributed by atoms with Gasteiger partial charge in [0.25, 0.3) is 0 Å². The molecule has 82 valence electrons. The SMILES string of the molecule is CN(C)CCc1cccc(NC(=N)N)c1. The Balaban J connectivity index is 2.61. The average Bonchev–Trinajstić information content (AvgIpc) is 2.14. The van der Waals surface area contributed by atoms with Gasteiger partial charge in [0.05, 0.1) is 0 Å². The van der Waals surface area contributed by atoms with E-state index in [1.807, 2.05) is 18.2 Å². The van der Waals surface area contributed by atoms with Gasteiger partial charge >= 0.3 is 0 Å². The molecule has 1 aromatic rings. The zero-order valence-electron chi connectivity index (χ0n) is 9.25. The first-order valence-electron chi connectivity index (χ1n) is 4.92. The summed E-state index contributed by atoms with van der Waals surface area (Å²) in [7, 11) is 4.11. The summed E-state index contributed by atoms with van der Waals surface area (Å²) in [5.41, 5.74) is 7.38. The van der Waals surface area contributed by atoms with E-state index in [9.17, 15) is 0 Å². The first kappa shape index (κ1) is 11.5. The number of hydrogen-bond acceptors (Lipinski definition) is 2. The molecule has 0 saturated heterocycles. The van der Waals surface area contributed by atoms with Gasteiger partial charge < -0.3 is 16.0 Å². The maximum atomic E-state index is 7.13. The lowest BCUT2D eigenvalue weighted by Crippen LogP contribution is -2.20. The largest absolute Gasteiger partial charge is 0.370 e. The summed E-state index contributed by atoms with van der Waals surface area (Å²) in [6.45, 7) is 1.02. The van der Waals surface area contributed by atoms with Gasteiger partial charge in [-0.15, -0.1) is 0 Å². The third-order valence-electron chi connectivity index (χ3n) is 2.05. The molecule has 0 heterocycles.